The van der Waals surface area contributed by atoms with E-state index < -0.39 is 5.82 Å². The number of aromatic hydroxyl groups is 1. The van der Waals surface area contributed by atoms with Crippen LogP contribution in [0.1, 0.15) is 36.5 Å². The third-order valence-electron chi connectivity index (χ3n) is 4.16. The summed E-state index contributed by atoms with van der Waals surface area (Å²) < 4.78 is 19.8. The molecule has 1 amide bonds. The predicted molar refractivity (Wildman–Crippen MR) is 106 cm³/mol. The lowest BCUT2D eigenvalue weighted by Crippen LogP contribution is -2.27. The van der Waals surface area contributed by atoms with Crippen molar-refractivity contribution in [3.8, 4) is 11.5 Å². The van der Waals surface area contributed by atoms with Crippen LogP contribution in [0, 0.1) is 5.82 Å². The normalized spacial score (nSPS) is 11.0. The summed E-state index contributed by atoms with van der Waals surface area (Å²) in [6, 6.07) is 6.52. The summed E-state index contributed by atoms with van der Waals surface area (Å²) in [5.41, 5.74) is 2.06. The fourth-order valence-corrected chi connectivity index (χ4v) is 3.10. The SMILES string of the molecule is CC(C)c1cc(Cc2c(Cl)cc(OCC(=O)N(C)C)c(F)c2Cl)ccc1O. The molecule has 7 heteroatoms. The third-order valence-corrected chi connectivity index (χ3v) is 4.90. The summed E-state index contributed by atoms with van der Waals surface area (Å²) in [4.78, 5) is 13.0. The smallest absolute Gasteiger partial charge is 0.259 e. The van der Waals surface area contributed by atoms with Crippen LogP contribution in [-0.4, -0.2) is 36.6 Å². The Kier molecular flexibility index (Phi) is 6.95. The number of ether oxygens (including phenoxy) is 1. The number of carbonyl (C=O) groups is 1. The molecule has 146 valence electrons. The molecule has 0 aliphatic heterocycles. The van der Waals surface area contributed by atoms with E-state index >= 15 is 0 Å². The zero-order valence-electron chi connectivity index (χ0n) is 15.6. The fraction of sp³-hybridized carbons (Fsp3) is 0.350. The second kappa shape index (κ2) is 8.81. The molecular formula is C20H22Cl2FNO3. The van der Waals surface area contributed by atoms with E-state index in [1.165, 1.54) is 11.0 Å². The van der Waals surface area contributed by atoms with Gasteiger partial charge in [-0.1, -0.05) is 49.2 Å². The number of likely N-dealkylation sites (N-methyl/N-ethyl adjacent to an activating group) is 1. The van der Waals surface area contributed by atoms with Crippen LogP contribution in [0.5, 0.6) is 11.5 Å². The molecule has 0 aliphatic carbocycles. The van der Waals surface area contributed by atoms with E-state index in [9.17, 15) is 14.3 Å². The Morgan fingerprint density at radius 3 is 2.52 bits per heavy atom. The number of rotatable bonds is 6. The van der Waals surface area contributed by atoms with Gasteiger partial charge in [0.15, 0.2) is 18.2 Å². The summed E-state index contributed by atoms with van der Waals surface area (Å²) >= 11 is 12.5. The maximum Gasteiger partial charge on any atom is 0.259 e. The largest absolute Gasteiger partial charge is 0.508 e. The van der Waals surface area contributed by atoms with Gasteiger partial charge in [-0.25, -0.2) is 4.39 Å². The minimum atomic E-state index is -0.759. The van der Waals surface area contributed by atoms with E-state index in [0.717, 1.165) is 11.1 Å². The first-order valence-corrected chi connectivity index (χ1v) is 9.18. The molecule has 0 aliphatic rings. The number of amides is 1. The van der Waals surface area contributed by atoms with Crippen molar-refractivity contribution in [1.82, 2.24) is 4.90 Å². The highest BCUT2D eigenvalue weighted by molar-refractivity contribution is 6.36. The van der Waals surface area contributed by atoms with Gasteiger partial charge < -0.3 is 14.7 Å². The Morgan fingerprint density at radius 1 is 1.26 bits per heavy atom. The Labute approximate surface area is 168 Å². The highest BCUT2D eigenvalue weighted by Gasteiger charge is 2.19. The average Bonchev–Trinajstić information content (AvgIpc) is 2.61. The zero-order chi connectivity index (χ0) is 20.3. The minimum Gasteiger partial charge on any atom is -0.508 e. The second-order valence-electron chi connectivity index (χ2n) is 6.76. The zero-order valence-corrected chi connectivity index (χ0v) is 17.2. The Morgan fingerprint density at radius 2 is 1.93 bits per heavy atom. The predicted octanol–water partition coefficient (Wildman–Crippen LogP) is 5.02. The Balaban J connectivity index is 2.30. The van der Waals surface area contributed by atoms with Crippen LogP contribution in [0.25, 0.3) is 0 Å². The van der Waals surface area contributed by atoms with Gasteiger partial charge in [-0.2, -0.15) is 0 Å². The first-order valence-electron chi connectivity index (χ1n) is 8.42. The van der Waals surface area contributed by atoms with E-state index in [-0.39, 0.29) is 40.0 Å². The van der Waals surface area contributed by atoms with E-state index in [2.05, 4.69) is 0 Å². The first-order chi connectivity index (χ1) is 12.6. The van der Waals surface area contributed by atoms with Gasteiger partial charge >= 0.3 is 0 Å². The molecule has 1 N–H and O–H groups in total. The van der Waals surface area contributed by atoms with Gasteiger partial charge in [-0.05, 0) is 28.7 Å². The third kappa shape index (κ3) is 5.05. The maximum atomic E-state index is 14.6. The number of phenols is 1. The van der Waals surface area contributed by atoms with E-state index in [1.807, 2.05) is 19.9 Å². The van der Waals surface area contributed by atoms with Crippen molar-refractivity contribution in [1.29, 1.82) is 0 Å². The minimum absolute atomic E-state index is 0.137. The maximum absolute atomic E-state index is 14.6. The molecule has 2 aromatic carbocycles. The van der Waals surface area contributed by atoms with E-state index in [0.29, 0.717) is 12.0 Å². The number of nitrogens with zero attached hydrogens (tertiary/aromatic N) is 1. The standard InChI is InChI=1S/C20H22Cl2FNO3/c1-11(2)13-7-12(5-6-16(13)25)8-14-15(21)9-17(20(23)19(14)22)27-10-18(26)24(3)4/h5-7,9,11,25H,8,10H2,1-4H3. The number of carbonyl (C=O) groups excluding carboxylic acids is 1. The van der Waals surface area contributed by atoms with Crippen LogP contribution in [0.3, 0.4) is 0 Å². The van der Waals surface area contributed by atoms with E-state index in [4.69, 9.17) is 27.9 Å². The second-order valence-corrected chi connectivity index (χ2v) is 7.55. The molecule has 0 bridgehead atoms. The van der Waals surface area contributed by atoms with Crippen LogP contribution < -0.4 is 4.74 Å². The summed E-state index contributed by atoms with van der Waals surface area (Å²) in [6.07, 6.45) is 0.297. The molecule has 4 nitrogen and oxygen atoms in total. The Hall–Kier alpha value is -1.98. The summed E-state index contributed by atoms with van der Waals surface area (Å²) in [6.45, 7) is 3.63. The quantitative estimate of drug-likeness (QED) is 0.676. The molecule has 0 atom stereocenters. The van der Waals surface area contributed by atoms with Gasteiger partial charge in [0.1, 0.15) is 5.75 Å². The van der Waals surface area contributed by atoms with Gasteiger partial charge in [0, 0.05) is 31.6 Å². The van der Waals surface area contributed by atoms with Crippen molar-refractivity contribution in [2.45, 2.75) is 26.2 Å². The van der Waals surface area contributed by atoms with Gasteiger partial charge in [0.25, 0.3) is 5.91 Å². The van der Waals surface area contributed by atoms with Gasteiger partial charge in [-0.15, -0.1) is 0 Å². The Bertz CT molecular complexity index is 854. The van der Waals surface area contributed by atoms with Gasteiger partial charge in [0.2, 0.25) is 0 Å². The van der Waals surface area contributed by atoms with Crippen LogP contribution >= 0.6 is 23.2 Å². The first kappa shape index (κ1) is 21.3. The number of benzene rings is 2. The van der Waals surface area contributed by atoms with Crippen molar-refractivity contribution < 1.29 is 19.0 Å². The topological polar surface area (TPSA) is 49.8 Å². The number of phenolic OH excluding ortho intramolecular Hbond substituents is 1. The number of halogens is 3. The molecular weight excluding hydrogens is 392 g/mol. The monoisotopic (exact) mass is 413 g/mol. The molecule has 0 saturated heterocycles. The van der Waals surface area contributed by atoms with Gasteiger partial charge in [0.05, 0.1) is 5.02 Å². The molecule has 27 heavy (non-hydrogen) atoms. The van der Waals surface area contributed by atoms with Crippen LogP contribution in [0.4, 0.5) is 4.39 Å². The summed E-state index contributed by atoms with van der Waals surface area (Å²) in [7, 11) is 3.16. The van der Waals surface area contributed by atoms with Crippen LogP contribution in [-0.2, 0) is 11.2 Å². The molecule has 0 fully saturated rings. The van der Waals surface area contributed by atoms with Crippen molar-refractivity contribution in [2.24, 2.45) is 0 Å². The average molecular weight is 414 g/mol. The highest BCUT2D eigenvalue weighted by atomic mass is 35.5. The molecule has 0 heterocycles. The van der Waals surface area contributed by atoms with Crippen LogP contribution in [0.2, 0.25) is 10.0 Å². The molecule has 0 radical (unpaired) electrons. The lowest BCUT2D eigenvalue weighted by molar-refractivity contribution is -0.130. The fourth-order valence-electron chi connectivity index (χ4n) is 2.53. The molecule has 0 spiro atoms. The number of hydrogen-bond donors (Lipinski definition) is 1. The van der Waals surface area contributed by atoms with Crippen LogP contribution in [0.15, 0.2) is 24.3 Å². The summed E-state index contributed by atoms with van der Waals surface area (Å²) in [5.74, 6) is -0.886. The molecule has 0 saturated carbocycles. The van der Waals surface area contributed by atoms with Crippen molar-refractivity contribution in [3.63, 3.8) is 0 Å². The highest BCUT2D eigenvalue weighted by Crippen LogP contribution is 2.36. The molecule has 2 rings (SSSR count). The molecule has 0 unspecified atom stereocenters. The number of hydrogen-bond acceptors (Lipinski definition) is 3. The van der Waals surface area contributed by atoms with Crippen molar-refractivity contribution >= 4 is 29.1 Å². The van der Waals surface area contributed by atoms with Crippen molar-refractivity contribution in [2.75, 3.05) is 20.7 Å². The van der Waals surface area contributed by atoms with Crippen molar-refractivity contribution in [3.05, 3.63) is 56.8 Å². The summed E-state index contributed by atoms with van der Waals surface area (Å²) in [5, 5.41) is 10.0. The van der Waals surface area contributed by atoms with E-state index in [1.54, 1.807) is 26.2 Å². The lowest BCUT2D eigenvalue weighted by Gasteiger charge is -2.15. The molecule has 2 aromatic rings. The molecule has 0 aromatic heterocycles. The van der Waals surface area contributed by atoms with Gasteiger partial charge in [-0.3, -0.25) is 4.79 Å². The lowest BCUT2D eigenvalue weighted by atomic mass is 9.96.